The first-order chi connectivity index (χ1) is 12.0. The number of halogens is 1. The molecule has 2 aromatic rings. The Morgan fingerprint density at radius 2 is 1.85 bits per heavy atom. The maximum Gasteiger partial charge on any atom is 0.251 e. The standard InChI is InChI=1S/C20H28ClN3O2/c1-19(2,3)16-11-17(24(23-16)20(4,5)6)22-18(25)13-26-12-14-9-7-8-10-15(14)21/h7-11H,12-13H2,1-6H3,(H,22,25). The number of rotatable bonds is 5. The van der Waals surface area contributed by atoms with Gasteiger partial charge in [-0.15, -0.1) is 0 Å². The number of nitrogens with one attached hydrogen (secondary N) is 1. The molecule has 0 unspecified atom stereocenters. The first-order valence-electron chi connectivity index (χ1n) is 8.70. The molecule has 0 fully saturated rings. The van der Waals surface area contributed by atoms with Gasteiger partial charge in [0.25, 0.3) is 5.91 Å². The van der Waals surface area contributed by atoms with Gasteiger partial charge >= 0.3 is 0 Å². The van der Waals surface area contributed by atoms with Crippen molar-refractivity contribution in [2.75, 3.05) is 11.9 Å². The molecule has 0 aliphatic rings. The highest BCUT2D eigenvalue weighted by Gasteiger charge is 2.25. The Morgan fingerprint density at radius 1 is 1.19 bits per heavy atom. The first kappa shape index (κ1) is 20.5. The normalized spacial score (nSPS) is 12.3. The highest BCUT2D eigenvalue weighted by atomic mass is 35.5. The Bertz CT molecular complexity index is 770. The van der Waals surface area contributed by atoms with E-state index in [0.717, 1.165) is 11.3 Å². The monoisotopic (exact) mass is 377 g/mol. The summed E-state index contributed by atoms with van der Waals surface area (Å²) in [5.74, 6) is 0.455. The van der Waals surface area contributed by atoms with Gasteiger partial charge < -0.3 is 10.1 Å². The van der Waals surface area contributed by atoms with Crippen LogP contribution in [0, 0.1) is 0 Å². The fourth-order valence-electron chi connectivity index (χ4n) is 2.40. The maximum atomic E-state index is 12.3. The van der Waals surface area contributed by atoms with Crippen LogP contribution in [-0.2, 0) is 27.1 Å². The van der Waals surface area contributed by atoms with Gasteiger partial charge in [0.05, 0.1) is 17.8 Å². The summed E-state index contributed by atoms with van der Waals surface area (Å²) >= 11 is 6.09. The summed E-state index contributed by atoms with van der Waals surface area (Å²) < 4.78 is 7.35. The molecule has 1 aromatic carbocycles. The van der Waals surface area contributed by atoms with Crippen molar-refractivity contribution in [3.8, 4) is 0 Å². The van der Waals surface area contributed by atoms with Crippen LogP contribution in [0.2, 0.25) is 5.02 Å². The molecule has 26 heavy (non-hydrogen) atoms. The lowest BCUT2D eigenvalue weighted by Crippen LogP contribution is -2.28. The molecule has 1 aromatic heterocycles. The van der Waals surface area contributed by atoms with Crippen LogP contribution in [0.25, 0.3) is 0 Å². The van der Waals surface area contributed by atoms with Crippen LogP contribution in [0.3, 0.4) is 0 Å². The summed E-state index contributed by atoms with van der Waals surface area (Å²) in [4.78, 5) is 12.3. The molecule has 1 amide bonds. The summed E-state index contributed by atoms with van der Waals surface area (Å²) in [6.45, 7) is 12.7. The third kappa shape index (κ3) is 5.32. The van der Waals surface area contributed by atoms with E-state index in [1.807, 2.05) is 28.9 Å². The summed E-state index contributed by atoms with van der Waals surface area (Å²) in [6.07, 6.45) is 0. The van der Waals surface area contributed by atoms with E-state index in [4.69, 9.17) is 16.3 Å². The zero-order chi connectivity index (χ0) is 19.5. The van der Waals surface area contributed by atoms with Crippen LogP contribution in [0.1, 0.15) is 52.8 Å². The zero-order valence-corrected chi connectivity index (χ0v) is 17.1. The number of anilines is 1. The summed E-state index contributed by atoms with van der Waals surface area (Å²) in [6, 6.07) is 9.36. The number of carbonyl (C=O) groups is 1. The van der Waals surface area contributed by atoms with E-state index in [2.05, 4.69) is 52.0 Å². The minimum Gasteiger partial charge on any atom is -0.367 e. The average molecular weight is 378 g/mol. The predicted octanol–water partition coefficient (Wildman–Crippen LogP) is 4.74. The molecule has 0 saturated carbocycles. The van der Waals surface area contributed by atoms with Gasteiger partial charge in [0.15, 0.2) is 0 Å². The van der Waals surface area contributed by atoms with Gasteiger partial charge in [-0.05, 0) is 32.4 Å². The van der Waals surface area contributed by atoms with Crippen molar-refractivity contribution in [1.29, 1.82) is 0 Å². The van der Waals surface area contributed by atoms with E-state index in [0.29, 0.717) is 17.4 Å². The van der Waals surface area contributed by atoms with Gasteiger partial charge in [0, 0.05) is 16.5 Å². The topological polar surface area (TPSA) is 56.1 Å². The van der Waals surface area contributed by atoms with Gasteiger partial charge in [0.1, 0.15) is 12.4 Å². The largest absolute Gasteiger partial charge is 0.367 e. The van der Waals surface area contributed by atoms with Gasteiger partial charge in [-0.2, -0.15) is 5.10 Å². The van der Waals surface area contributed by atoms with E-state index in [-0.39, 0.29) is 23.5 Å². The molecule has 0 aliphatic carbocycles. The highest BCUT2D eigenvalue weighted by Crippen LogP contribution is 2.28. The predicted molar refractivity (Wildman–Crippen MR) is 106 cm³/mol. The quantitative estimate of drug-likeness (QED) is 0.818. The third-order valence-electron chi connectivity index (χ3n) is 3.83. The first-order valence-corrected chi connectivity index (χ1v) is 9.08. The third-order valence-corrected chi connectivity index (χ3v) is 4.20. The molecule has 0 spiro atoms. The molecular formula is C20H28ClN3O2. The average Bonchev–Trinajstić information content (AvgIpc) is 2.93. The molecule has 2 rings (SSSR count). The molecule has 0 atom stereocenters. The van der Waals surface area contributed by atoms with Gasteiger partial charge in [0.2, 0.25) is 0 Å². The molecular weight excluding hydrogens is 350 g/mol. The Kier molecular flexibility index (Phi) is 6.14. The second-order valence-corrected chi connectivity index (χ2v) is 8.79. The Hall–Kier alpha value is -1.85. The van der Waals surface area contributed by atoms with Crippen molar-refractivity contribution in [2.45, 2.75) is 59.1 Å². The number of amides is 1. The molecule has 1 heterocycles. The van der Waals surface area contributed by atoms with E-state index < -0.39 is 0 Å². The van der Waals surface area contributed by atoms with E-state index >= 15 is 0 Å². The molecule has 0 bridgehead atoms. The van der Waals surface area contributed by atoms with Crippen LogP contribution < -0.4 is 5.32 Å². The minimum atomic E-state index is -0.246. The van der Waals surface area contributed by atoms with Crippen LogP contribution in [0.15, 0.2) is 30.3 Å². The second kappa shape index (κ2) is 7.80. The Morgan fingerprint density at radius 3 is 2.42 bits per heavy atom. The Balaban J connectivity index is 2.04. The summed E-state index contributed by atoms with van der Waals surface area (Å²) in [5.41, 5.74) is 1.44. The zero-order valence-electron chi connectivity index (χ0n) is 16.4. The van der Waals surface area contributed by atoms with Gasteiger partial charge in [-0.3, -0.25) is 4.79 Å². The molecule has 0 aliphatic heterocycles. The molecule has 142 valence electrons. The highest BCUT2D eigenvalue weighted by molar-refractivity contribution is 6.31. The number of ether oxygens (including phenoxy) is 1. The number of hydrogen-bond donors (Lipinski definition) is 1. The van der Waals surface area contributed by atoms with Crippen LogP contribution in [0.5, 0.6) is 0 Å². The van der Waals surface area contributed by atoms with Crippen molar-refractivity contribution in [2.24, 2.45) is 0 Å². The fraction of sp³-hybridized carbons (Fsp3) is 0.500. The number of nitrogens with zero attached hydrogens (tertiary/aromatic N) is 2. The van der Waals surface area contributed by atoms with E-state index in [9.17, 15) is 4.79 Å². The van der Waals surface area contributed by atoms with Crippen LogP contribution in [-0.4, -0.2) is 22.3 Å². The molecule has 0 saturated heterocycles. The molecule has 0 radical (unpaired) electrons. The van der Waals surface area contributed by atoms with Crippen molar-refractivity contribution in [3.63, 3.8) is 0 Å². The number of hydrogen-bond acceptors (Lipinski definition) is 3. The lowest BCUT2D eigenvalue weighted by atomic mass is 9.92. The number of aromatic nitrogens is 2. The minimum absolute atomic E-state index is 0.0502. The number of benzene rings is 1. The van der Waals surface area contributed by atoms with E-state index in [1.54, 1.807) is 6.07 Å². The Labute approximate surface area is 160 Å². The van der Waals surface area contributed by atoms with Gasteiger partial charge in [-0.25, -0.2) is 4.68 Å². The summed E-state index contributed by atoms with van der Waals surface area (Å²) in [7, 11) is 0. The number of carbonyl (C=O) groups excluding carboxylic acids is 1. The van der Waals surface area contributed by atoms with Crippen molar-refractivity contribution in [3.05, 3.63) is 46.6 Å². The molecule has 1 N–H and O–H groups in total. The van der Waals surface area contributed by atoms with Crippen LogP contribution in [0.4, 0.5) is 5.82 Å². The summed E-state index contributed by atoms with van der Waals surface area (Å²) in [5, 5.41) is 8.24. The lowest BCUT2D eigenvalue weighted by molar-refractivity contribution is -0.121. The lowest BCUT2D eigenvalue weighted by Gasteiger charge is -2.23. The molecule has 6 heteroatoms. The van der Waals surface area contributed by atoms with E-state index in [1.165, 1.54) is 0 Å². The van der Waals surface area contributed by atoms with Crippen LogP contribution >= 0.6 is 11.6 Å². The molecule has 5 nitrogen and oxygen atoms in total. The van der Waals surface area contributed by atoms with Gasteiger partial charge in [-0.1, -0.05) is 50.6 Å². The SMILES string of the molecule is CC(C)(C)c1cc(NC(=O)COCc2ccccc2Cl)n(C(C)(C)C)n1. The fourth-order valence-corrected chi connectivity index (χ4v) is 2.59. The van der Waals surface area contributed by atoms with Crippen molar-refractivity contribution in [1.82, 2.24) is 9.78 Å². The smallest absolute Gasteiger partial charge is 0.251 e. The van der Waals surface area contributed by atoms with Crippen molar-refractivity contribution < 1.29 is 9.53 Å². The second-order valence-electron chi connectivity index (χ2n) is 8.38. The maximum absolute atomic E-state index is 12.3. The van der Waals surface area contributed by atoms with Crippen molar-refractivity contribution >= 4 is 23.3 Å².